The van der Waals surface area contributed by atoms with Crippen LogP contribution in [0.5, 0.6) is 0 Å². The van der Waals surface area contributed by atoms with Crippen LogP contribution >= 0.6 is 11.6 Å². The zero-order valence-electron chi connectivity index (χ0n) is 13.7. The van der Waals surface area contributed by atoms with Gasteiger partial charge in [-0.15, -0.1) is 11.6 Å². The summed E-state index contributed by atoms with van der Waals surface area (Å²) in [7, 11) is 0. The average Bonchev–Trinajstić information content (AvgIpc) is 2.62. The summed E-state index contributed by atoms with van der Waals surface area (Å²) in [5.41, 5.74) is 4.76. The Labute approximate surface area is 148 Å². The highest BCUT2D eigenvalue weighted by molar-refractivity contribution is 6.21. The van der Waals surface area contributed by atoms with Crippen LogP contribution in [0.3, 0.4) is 0 Å². The number of nitriles is 1. The van der Waals surface area contributed by atoms with Crippen LogP contribution in [0.15, 0.2) is 48.5 Å². The maximum Gasteiger partial charge on any atom is 0.0991 e. The minimum Gasteiger partial charge on any atom is -0.295 e. The van der Waals surface area contributed by atoms with Gasteiger partial charge in [-0.05, 0) is 54.0 Å². The van der Waals surface area contributed by atoms with Crippen molar-refractivity contribution < 1.29 is 0 Å². The Kier molecular flexibility index (Phi) is 4.31. The van der Waals surface area contributed by atoms with Crippen LogP contribution in [0.25, 0.3) is 0 Å². The summed E-state index contributed by atoms with van der Waals surface area (Å²) < 4.78 is 0. The zero-order valence-corrected chi connectivity index (χ0v) is 14.4. The number of benzene rings is 2. The maximum atomic E-state index is 8.95. The second kappa shape index (κ2) is 6.59. The predicted molar refractivity (Wildman–Crippen MR) is 96.8 cm³/mol. The van der Waals surface area contributed by atoms with Crippen LogP contribution in [0.2, 0.25) is 0 Å². The van der Waals surface area contributed by atoms with Gasteiger partial charge in [-0.1, -0.05) is 36.4 Å². The molecule has 3 unspecified atom stereocenters. The van der Waals surface area contributed by atoms with Gasteiger partial charge >= 0.3 is 0 Å². The molecule has 2 bridgehead atoms. The monoisotopic (exact) mass is 336 g/mol. The molecule has 3 atom stereocenters. The zero-order chi connectivity index (χ0) is 16.5. The molecule has 0 N–H and O–H groups in total. The fraction of sp³-hybridized carbons (Fsp3) is 0.381. The van der Waals surface area contributed by atoms with E-state index < -0.39 is 0 Å². The molecule has 2 aromatic carbocycles. The van der Waals surface area contributed by atoms with Crippen LogP contribution in [-0.4, -0.2) is 17.5 Å². The molecule has 0 spiro atoms. The topological polar surface area (TPSA) is 27.0 Å². The molecule has 3 aliphatic rings. The van der Waals surface area contributed by atoms with E-state index in [1.54, 1.807) is 0 Å². The van der Waals surface area contributed by atoms with Crippen molar-refractivity contribution in [2.45, 2.75) is 37.2 Å². The third-order valence-corrected chi connectivity index (χ3v) is 6.14. The third-order valence-electron chi connectivity index (χ3n) is 5.55. The summed E-state index contributed by atoms with van der Waals surface area (Å²) in [5, 5.41) is 9.07. The molecule has 0 aromatic heterocycles. The molecular formula is C21H21ClN2. The molecule has 1 fully saturated rings. The SMILES string of the molecule is N#Cc1ccc(CN2CC3CCC2Cc2ccccc2C3Cl)cc1. The highest BCUT2D eigenvalue weighted by atomic mass is 35.5. The van der Waals surface area contributed by atoms with E-state index in [0.29, 0.717) is 12.0 Å². The first kappa shape index (κ1) is 15.7. The molecule has 122 valence electrons. The van der Waals surface area contributed by atoms with Crippen LogP contribution in [0, 0.1) is 17.2 Å². The Balaban J connectivity index is 1.59. The normalized spacial score (nSPS) is 26.2. The first-order chi connectivity index (χ1) is 11.7. The van der Waals surface area contributed by atoms with E-state index in [-0.39, 0.29) is 5.38 Å². The molecule has 0 amide bonds. The molecule has 2 aromatic rings. The summed E-state index contributed by atoms with van der Waals surface area (Å²) in [6.45, 7) is 2.01. The average molecular weight is 337 g/mol. The third kappa shape index (κ3) is 2.95. The molecule has 24 heavy (non-hydrogen) atoms. The molecule has 1 saturated heterocycles. The number of nitrogens with zero attached hydrogens (tertiary/aromatic N) is 2. The van der Waals surface area contributed by atoms with Crippen LogP contribution < -0.4 is 0 Å². The van der Waals surface area contributed by atoms with Crippen molar-refractivity contribution in [2.75, 3.05) is 6.54 Å². The molecule has 0 saturated carbocycles. The summed E-state index contributed by atoms with van der Waals surface area (Å²) in [6, 6.07) is 19.4. The lowest BCUT2D eigenvalue weighted by Crippen LogP contribution is -2.46. The Morgan fingerprint density at radius 1 is 1.08 bits per heavy atom. The highest BCUT2D eigenvalue weighted by Crippen LogP contribution is 2.42. The second-order valence-corrected chi connectivity index (χ2v) is 7.50. The molecule has 2 aliphatic heterocycles. The van der Waals surface area contributed by atoms with Crippen molar-refractivity contribution in [3.63, 3.8) is 0 Å². The van der Waals surface area contributed by atoms with Crippen LogP contribution in [-0.2, 0) is 13.0 Å². The number of hydrogen-bond donors (Lipinski definition) is 0. The van der Waals surface area contributed by atoms with Gasteiger partial charge in [0.1, 0.15) is 0 Å². The minimum absolute atomic E-state index is 0.117. The van der Waals surface area contributed by atoms with Crippen molar-refractivity contribution in [3.05, 3.63) is 70.8 Å². The first-order valence-electron chi connectivity index (χ1n) is 8.69. The van der Waals surface area contributed by atoms with Crippen molar-refractivity contribution in [1.29, 1.82) is 5.26 Å². The molecule has 3 heteroatoms. The quantitative estimate of drug-likeness (QED) is 0.745. The number of hydrogen-bond acceptors (Lipinski definition) is 2. The Hall–Kier alpha value is -1.82. The fourth-order valence-electron chi connectivity index (χ4n) is 4.21. The van der Waals surface area contributed by atoms with E-state index >= 15 is 0 Å². The van der Waals surface area contributed by atoms with E-state index in [1.165, 1.54) is 29.5 Å². The molecule has 2 nitrogen and oxygen atoms in total. The van der Waals surface area contributed by atoms with Gasteiger partial charge in [0.25, 0.3) is 0 Å². The lowest BCUT2D eigenvalue weighted by Gasteiger charge is -2.44. The minimum atomic E-state index is 0.117. The van der Waals surface area contributed by atoms with E-state index in [9.17, 15) is 0 Å². The lowest BCUT2D eigenvalue weighted by molar-refractivity contribution is 0.0916. The van der Waals surface area contributed by atoms with Gasteiger partial charge in [0.2, 0.25) is 0 Å². The number of rotatable bonds is 2. The van der Waals surface area contributed by atoms with Gasteiger partial charge in [-0.3, -0.25) is 4.90 Å². The number of fused-ring (bicyclic) bond motifs is 2. The Bertz CT molecular complexity index is 762. The van der Waals surface area contributed by atoms with Crippen LogP contribution in [0.1, 0.15) is 40.5 Å². The number of piperidine rings is 1. The molecule has 5 rings (SSSR count). The van der Waals surface area contributed by atoms with Crippen molar-refractivity contribution in [1.82, 2.24) is 4.90 Å². The van der Waals surface area contributed by atoms with Crippen molar-refractivity contribution in [3.8, 4) is 6.07 Å². The molecule has 2 heterocycles. The van der Waals surface area contributed by atoms with Gasteiger partial charge in [0.05, 0.1) is 17.0 Å². The standard InChI is InChI=1S/C21H21ClN2/c22-21-18-9-10-19(11-17-3-1-2-4-20(17)21)24(14-18)13-16-7-5-15(12-23)6-8-16/h1-8,18-19,21H,9-11,13-14H2. The highest BCUT2D eigenvalue weighted by Gasteiger charge is 2.36. The number of halogens is 1. The summed E-state index contributed by atoms with van der Waals surface area (Å²) in [4.78, 5) is 2.60. The second-order valence-electron chi connectivity index (χ2n) is 7.03. The largest absolute Gasteiger partial charge is 0.295 e. The number of alkyl halides is 1. The van der Waals surface area contributed by atoms with Gasteiger partial charge < -0.3 is 0 Å². The van der Waals surface area contributed by atoms with E-state index in [0.717, 1.165) is 25.1 Å². The molecular weight excluding hydrogens is 316 g/mol. The van der Waals surface area contributed by atoms with Gasteiger partial charge in [0.15, 0.2) is 0 Å². The Morgan fingerprint density at radius 3 is 2.67 bits per heavy atom. The Morgan fingerprint density at radius 2 is 1.88 bits per heavy atom. The maximum absolute atomic E-state index is 8.95. The summed E-state index contributed by atoms with van der Waals surface area (Å²) >= 11 is 6.86. The summed E-state index contributed by atoms with van der Waals surface area (Å²) in [5.74, 6) is 0.516. The lowest BCUT2D eigenvalue weighted by atomic mass is 9.79. The molecule has 1 aliphatic carbocycles. The van der Waals surface area contributed by atoms with Gasteiger partial charge in [-0.25, -0.2) is 0 Å². The van der Waals surface area contributed by atoms with Crippen molar-refractivity contribution >= 4 is 11.6 Å². The van der Waals surface area contributed by atoms with Gasteiger partial charge in [0, 0.05) is 19.1 Å². The fourth-order valence-corrected chi connectivity index (χ4v) is 4.63. The predicted octanol–water partition coefficient (Wildman–Crippen LogP) is 4.68. The smallest absolute Gasteiger partial charge is 0.0991 e. The first-order valence-corrected chi connectivity index (χ1v) is 9.13. The van der Waals surface area contributed by atoms with Crippen molar-refractivity contribution in [2.24, 2.45) is 5.92 Å². The van der Waals surface area contributed by atoms with E-state index in [1.807, 2.05) is 12.1 Å². The van der Waals surface area contributed by atoms with E-state index in [4.69, 9.17) is 16.9 Å². The van der Waals surface area contributed by atoms with Gasteiger partial charge in [-0.2, -0.15) is 5.26 Å². The van der Waals surface area contributed by atoms with E-state index in [2.05, 4.69) is 47.4 Å². The summed E-state index contributed by atoms with van der Waals surface area (Å²) in [6.07, 6.45) is 3.53. The van der Waals surface area contributed by atoms with Crippen LogP contribution in [0.4, 0.5) is 0 Å². The molecule has 0 radical (unpaired) electrons.